The van der Waals surface area contributed by atoms with Crippen molar-refractivity contribution < 1.29 is 34.4 Å². The molecule has 9 heteroatoms. The van der Waals surface area contributed by atoms with Crippen LogP contribution in [0, 0.1) is 0 Å². The van der Waals surface area contributed by atoms with Crippen LogP contribution in [0.4, 0.5) is 5.69 Å². The number of carbonyl (C=O) groups is 1. The van der Waals surface area contributed by atoms with E-state index in [4.69, 9.17) is 9.52 Å². The third-order valence-corrected chi connectivity index (χ3v) is 5.65. The fourth-order valence-corrected chi connectivity index (χ4v) is 4.12. The summed E-state index contributed by atoms with van der Waals surface area (Å²) in [5, 5.41) is 8.95. The fourth-order valence-electron chi connectivity index (χ4n) is 3.18. The molecule has 0 aliphatic carbocycles. The molecule has 2 heterocycles. The van der Waals surface area contributed by atoms with Crippen molar-refractivity contribution in [2.24, 2.45) is 0 Å². The van der Waals surface area contributed by atoms with Gasteiger partial charge in [0.25, 0.3) is 0 Å². The molecule has 0 unspecified atom stereocenters. The first-order chi connectivity index (χ1) is 15.3. The first kappa shape index (κ1) is 26.4. The molecule has 7 nitrogen and oxygen atoms in total. The predicted molar refractivity (Wildman–Crippen MR) is 130 cm³/mol. The molecular weight excluding hydrogens is 619 g/mol. The van der Waals surface area contributed by atoms with Crippen molar-refractivity contribution in [2.45, 2.75) is 27.7 Å². The summed E-state index contributed by atoms with van der Waals surface area (Å²) in [5.74, 6) is -0.0625. The number of thiazole rings is 1. The van der Waals surface area contributed by atoms with Crippen LogP contribution in [-0.4, -0.2) is 33.9 Å². The van der Waals surface area contributed by atoms with Gasteiger partial charge in [0.05, 0.1) is 16.0 Å². The number of benzene rings is 2. The molecule has 2 aromatic carbocycles. The van der Waals surface area contributed by atoms with E-state index in [9.17, 15) is 9.59 Å². The van der Waals surface area contributed by atoms with Crippen molar-refractivity contribution in [3.63, 3.8) is 0 Å². The van der Waals surface area contributed by atoms with Crippen LogP contribution in [0.25, 0.3) is 32.0 Å². The molecule has 0 saturated heterocycles. The van der Waals surface area contributed by atoms with E-state index in [-0.39, 0.29) is 37.3 Å². The average Bonchev–Trinajstić information content (AvgIpc) is 3.17. The molecule has 0 atom stereocenters. The molecule has 0 aliphatic rings. The first-order valence-electron chi connectivity index (χ1n) is 10.3. The van der Waals surface area contributed by atoms with Crippen molar-refractivity contribution in [3.8, 4) is 10.7 Å². The summed E-state index contributed by atoms with van der Waals surface area (Å²) in [5.41, 5.74) is 2.85. The Labute approximate surface area is 209 Å². The van der Waals surface area contributed by atoms with Crippen molar-refractivity contribution in [1.82, 2.24) is 9.97 Å². The molecule has 2 aromatic heterocycles. The van der Waals surface area contributed by atoms with Gasteiger partial charge in [-0.15, -0.1) is 11.3 Å². The Balaban J connectivity index is 0.000000423. The van der Waals surface area contributed by atoms with Crippen molar-refractivity contribution in [3.05, 3.63) is 64.7 Å². The van der Waals surface area contributed by atoms with Gasteiger partial charge < -0.3 is 14.4 Å². The second kappa shape index (κ2) is 11.8. The van der Waals surface area contributed by atoms with Crippen molar-refractivity contribution >= 4 is 44.1 Å². The molecule has 0 bridgehead atoms. The maximum absolute atomic E-state index is 12.5. The number of nitrogens with zero attached hydrogens (tertiary/aromatic N) is 3. The molecule has 1 radical (unpaired) electrons. The molecule has 33 heavy (non-hydrogen) atoms. The van der Waals surface area contributed by atoms with Crippen molar-refractivity contribution in [2.75, 3.05) is 18.0 Å². The second-order valence-corrected chi connectivity index (χ2v) is 8.09. The topological polar surface area (TPSA) is 96.5 Å². The second-order valence-electron chi connectivity index (χ2n) is 7.06. The number of fused-ring (bicyclic) bond motifs is 2. The van der Waals surface area contributed by atoms with Crippen LogP contribution in [0.15, 0.2) is 63.5 Å². The number of allylic oxidation sites excluding steroid dienone is 2. The normalized spacial score (nSPS) is 11.0. The summed E-state index contributed by atoms with van der Waals surface area (Å²) in [6.07, 6.45) is 1.17. The van der Waals surface area contributed by atoms with Gasteiger partial charge in [0.2, 0.25) is 0 Å². The SMILES string of the molecule is CC(=O)/C=C(/C)O.CCN(CC)c1ccc2nc(-c3nc4ccccc4s3)c(=O)oc2c1.[Ir]. The molecule has 0 fully saturated rings. The number of para-hydroxylation sites is 1. The summed E-state index contributed by atoms with van der Waals surface area (Å²) in [7, 11) is 0. The van der Waals surface area contributed by atoms with E-state index in [1.165, 1.54) is 31.3 Å². The van der Waals surface area contributed by atoms with E-state index in [0.29, 0.717) is 16.1 Å². The van der Waals surface area contributed by atoms with Gasteiger partial charge in [0.15, 0.2) is 22.1 Å². The molecule has 4 rings (SSSR count). The Morgan fingerprint density at radius 3 is 2.36 bits per heavy atom. The van der Waals surface area contributed by atoms with Gasteiger partial charge in [-0.2, -0.15) is 0 Å². The number of ketones is 1. The molecule has 175 valence electrons. The quantitative estimate of drug-likeness (QED) is 0.232. The Morgan fingerprint density at radius 1 is 1.09 bits per heavy atom. The zero-order valence-electron chi connectivity index (χ0n) is 18.8. The van der Waals surface area contributed by atoms with Crippen LogP contribution < -0.4 is 10.5 Å². The summed E-state index contributed by atoms with van der Waals surface area (Å²) < 4.78 is 6.57. The van der Waals surface area contributed by atoms with Crippen LogP contribution in [0.1, 0.15) is 27.7 Å². The Morgan fingerprint density at radius 2 is 1.79 bits per heavy atom. The molecule has 0 saturated carbocycles. The summed E-state index contributed by atoms with van der Waals surface area (Å²) in [6, 6.07) is 13.6. The zero-order valence-corrected chi connectivity index (χ0v) is 22.0. The first-order valence-corrected chi connectivity index (χ1v) is 11.1. The number of aliphatic hydroxyl groups is 1. The number of carbonyl (C=O) groups excluding carboxylic acids is 1. The van der Waals surface area contributed by atoms with E-state index in [0.717, 1.165) is 29.0 Å². The maximum atomic E-state index is 12.5. The Bertz CT molecular complexity index is 1310. The van der Waals surface area contributed by atoms with Crippen molar-refractivity contribution in [1.29, 1.82) is 0 Å². The minimum absolute atomic E-state index is 0. The molecule has 0 amide bonds. The van der Waals surface area contributed by atoms with Gasteiger partial charge in [-0.3, -0.25) is 4.79 Å². The minimum Gasteiger partial charge on any atom is -0.512 e. The average molecular weight is 644 g/mol. The number of hydrogen-bond acceptors (Lipinski definition) is 8. The fraction of sp³-hybridized carbons (Fsp3) is 0.250. The molecular formula is C24H25IrN3O4S. The number of aromatic nitrogens is 2. The summed E-state index contributed by atoms with van der Waals surface area (Å²) in [4.78, 5) is 33.7. The van der Waals surface area contributed by atoms with E-state index < -0.39 is 5.63 Å². The smallest absolute Gasteiger partial charge is 0.365 e. The van der Waals surface area contributed by atoms with Gasteiger partial charge in [0, 0.05) is 51.0 Å². The van der Waals surface area contributed by atoms with Gasteiger partial charge >= 0.3 is 5.63 Å². The van der Waals surface area contributed by atoms with E-state index in [2.05, 4.69) is 28.7 Å². The zero-order chi connectivity index (χ0) is 23.3. The van der Waals surface area contributed by atoms with Crippen LogP contribution in [0.5, 0.6) is 0 Å². The van der Waals surface area contributed by atoms with E-state index in [1.807, 2.05) is 42.5 Å². The van der Waals surface area contributed by atoms with Gasteiger partial charge in [-0.05, 0) is 52.0 Å². The molecule has 0 aliphatic heterocycles. The van der Waals surface area contributed by atoms with E-state index >= 15 is 0 Å². The van der Waals surface area contributed by atoms with Gasteiger partial charge in [-0.25, -0.2) is 14.8 Å². The molecule has 1 N–H and O–H groups in total. The third-order valence-electron chi connectivity index (χ3n) is 4.61. The Kier molecular flexibility index (Phi) is 9.46. The van der Waals surface area contributed by atoms with E-state index in [1.54, 1.807) is 0 Å². The number of rotatable bonds is 5. The number of anilines is 1. The number of hydrogen-bond donors (Lipinski definition) is 1. The monoisotopic (exact) mass is 644 g/mol. The predicted octanol–water partition coefficient (Wildman–Crippen LogP) is 5.35. The summed E-state index contributed by atoms with van der Waals surface area (Å²) in [6.45, 7) is 8.82. The Hall–Kier alpha value is -2.87. The van der Waals surface area contributed by atoms with Crippen LogP contribution in [-0.2, 0) is 24.9 Å². The number of aliphatic hydroxyl groups excluding tert-OH is 1. The van der Waals surface area contributed by atoms with Crippen LogP contribution in [0.2, 0.25) is 0 Å². The minimum atomic E-state index is -0.455. The van der Waals surface area contributed by atoms with Gasteiger partial charge in [0.1, 0.15) is 5.52 Å². The van der Waals surface area contributed by atoms with Crippen LogP contribution >= 0.6 is 11.3 Å². The molecule has 4 aromatic rings. The van der Waals surface area contributed by atoms with Gasteiger partial charge in [-0.1, -0.05) is 12.1 Å². The standard InChI is InChI=1S/C19H17N3O2S.C5H8O2.Ir/c1-3-22(4-2)12-9-10-13-15(11-12)24-19(23)17(20-13)18-21-14-7-5-6-8-16(14)25-18;1-4(6)3-5(2)7;/h5-11H,3-4H2,1-2H3;3,6H,1-2H3;/b;4-3-;. The summed E-state index contributed by atoms with van der Waals surface area (Å²) >= 11 is 1.45. The molecule has 0 spiro atoms. The largest absolute Gasteiger partial charge is 0.512 e. The third kappa shape index (κ3) is 6.57. The van der Waals surface area contributed by atoms with Crippen LogP contribution in [0.3, 0.4) is 0 Å². The maximum Gasteiger partial charge on any atom is 0.365 e.